The molecule has 0 atom stereocenters. The molecule has 0 aliphatic carbocycles. The van der Waals surface area contributed by atoms with Crippen molar-refractivity contribution in [1.29, 1.82) is 0 Å². The first-order valence-electron chi connectivity index (χ1n) is 12.2. The molecule has 0 aliphatic rings. The largest absolute Gasteiger partial charge is 0.417 e. The zero-order valence-electron chi connectivity index (χ0n) is 22.3. The highest BCUT2D eigenvalue weighted by Gasteiger charge is 2.33. The van der Waals surface area contributed by atoms with Crippen molar-refractivity contribution < 1.29 is 34.8 Å². The predicted molar refractivity (Wildman–Crippen MR) is 160 cm³/mol. The van der Waals surface area contributed by atoms with Gasteiger partial charge in [-0.05, 0) is 91.7 Å². The summed E-state index contributed by atoms with van der Waals surface area (Å²) >= 11 is 11.7. The first-order valence-corrected chi connectivity index (χ1v) is 15.9. The molecule has 226 valence electrons. The molecule has 43 heavy (non-hydrogen) atoms. The van der Waals surface area contributed by atoms with Crippen molar-refractivity contribution in [3.63, 3.8) is 0 Å². The molecule has 0 bridgehead atoms. The molecular formula is C28H22Cl2F3N3O5S2. The van der Waals surface area contributed by atoms with Gasteiger partial charge in [-0.3, -0.25) is 14.2 Å². The number of hydrogen-bond donors (Lipinski definition) is 3. The Morgan fingerprint density at radius 2 is 1.35 bits per heavy atom. The van der Waals surface area contributed by atoms with E-state index in [-0.39, 0.29) is 31.8 Å². The van der Waals surface area contributed by atoms with Crippen LogP contribution in [0, 0.1) is 13.8 Å². The Kier molecular flexibility index (Phi) is 9.03. The molecule has 3 N–H and O–H groups in total. The van der Waals surface area contributed by atoms with E-state index in [1.165, 1.54) is 24.3 Å². The zero-order chi connectivity index (χ0) is 31.7. The Hall–Kier alpha value is -3.78. The van der Waals surface area contributed by atoms with E-state index in [1.54, 1.807) is 26.0 Å². The summed E-state index contributed by atoms with van der Waals surface area (Å²) in [5, 5.41) is 1.83. The van der Waals surface area contributed by atoms with Crippen molar-refractivity contribution >= 4 is 66.2 Å². The molecule has 1 amide bonds. The second-order valence-corrected chi connectivity index (χ2v) is 13.5. The lowest BCUT2D eigenvalue weighted by molar-refractivity contribution is -0.137. The average Bonchev–Trinajstić information content (AvgIpc) is 2.91. The summed E-state index contributed by atoms with van der Waals surface area (Å²) in [6.45, 7) is 3.54. The summed E-state index contributed by atoms with van der Waals surface area (Å²) < 4.78 is 95.7. The number of halogens is 5. The second kappa shape index (κ2) is 12.1. The van der Waals surface area contributed by atoms with E-state index in [1.807, 2.05) is 6.07 Å². The van der Waals surface area contributed by atoms with Gasteiger partial charge in [-0.25, -0.2) is 16.8 Å². The minimum atomic E-state index is -4.79. The molecule has 0 aliphatic heterocycles. The summed E-state index contributed by atoms with van der Waals surface area (Å²) in [5.74, 6) is -0.713. The standard InChI is InChI=1S/C28H22Cl2F3N3O5S2/c1-16-3-4-17(2)25(13-16)36-43(40,41)26-14-18(5-11-24(26)30)27(37)34-19-6-9-21(10-7-19)42(38,39)35-20-8-12-23(29)22(15-20)28(31,32)33/h3-15,35-36H,1-2H3,(H,34,37). The van der Waals surface area contributed by atoms with E-state index in [2.05, 4.69) is 14.8 Å². The summed E-state index contributed by atoms with van der Waals surface area (Å²) in [5.41, 5.74) is 0.417. The van der Waals surface area contributed by atoms with E-state index >= 15 is 0 Å². The van der Waals surface area contributed by atoms with Crippen LogP contribution in [0.2, 0.25) is 10.0 Å². The molecule has 15 heteroatoms. The van der Waals surface area contributed by atoms with E-state index < -0.39 is 42.7 Å². The van der Waals surface area contributed by atoms with Crippen LogP contribution in [0.25, 0.3) is 0 Å². The average molecular weight is 673 g/mol. The third kappa shape index (κ3) is 7.60. The fraction of sp³-hybridized carbons (Fsp3) is 0.107. The number of hydrogen-bond acceptors (Lipinski definition) is 5. The van der Waals surface area contributed by atoms with E-state index in [4.69, 9.17) is 23.2 Å². The van der Waals surface area contributed by atoms with Crippen LogP contribution < -0.4 is 14.8 Å². The number of alkyl halides is 3. The number of benzene rings is 4. The number of sulfonamides is 2. The number of anilines is 3. The van der Waals surface area contributed by atoms with Crippen molar-refractivity contribution in [1.82, 2.24) is 0 Å². The quantitative estimate of drug-likeness (QED) is 0.179. The number of rotatable bonds is 8. The molecule has 0 saturated heterocycles. The minimum Gasteiger partial charge on any atom is -0.322 e. The third-order valence-electron chi connectivity index (χ3n) is 6.07. The van der Waals surface area contributed by atoms with E-state index in [0.29, 0.717) is 17.3 Å². The maximum Gasteiger partial charge on any atom is 0.417 e. The van der Waals surface area contributed by atoms with Gasteiger partial charge in [0.1, 0.15) is 4.90 Å². The van der Waals surface area contributed by atoms with Crippen LogP contribution in [0.4, 0.5) is 30.2 Å². The molecular weight excluding hydrogens is 650 g/mol. The normalized spacial score (nSPS) is 12.1. The van der Waals surface area contributed by atoms with Crippen LogP contribution in [0.1, 0.15) is 27.0 Å². The number of aryl methyl sites for hydroxylation is 2. The van der Waals surface area contributed by atoms with Crippen LogP contribution in [-0.4, -0.2) is 22.7 Å². The summed E-state index contributed by atoms with van der Waals surface area (Å²) in [7, 11) is -8.48. The Morgan fingerprint density at radius 1 is 0.721 bits per heavy atom. The fourth-order valence-corrected chi connectivity index (χ4v) is 6.76. The zero-order valence-corrected chi connectivity index (χ0v) is 25.4. The molecule has 0 aromatic heterocycles. The highest BCUT2D eigenvalue weighted by Crippen LogP contribution is 2.36. The van der Waals surface area contributed by atoms with Crippen LogP contribution in [-0.2, 0) is 26.2 Å². The van der Waals surface area contributed by atoms with Crippen LogP contribution >= 0.6 is 23.2 Å². The van der Waals surface area contributed by atoms with Crippen molar-refractivity contribution in [2.45, 2.75) is 29.8 Å². The van der Waals surface area contributed by atoms with Crippen molar-refractivity contribution in [3.8, 4) is 0 Å². The summed E-state index contributed by atoms with van der Waals surface area (Å²) in [6.07, 6.45) is -4.79. The lowest BCUT2D eigenvalue weighted by Crippen LogP contribution is -2.17. The Morgan fingerprint density at radius 3 is 2.00 bits per heavy atom. The highest BCUT2D eigenvalue weighted by molar-refractivity contribution is 7.93. The van der Waals surface area contributed by atoms with Gasteiger partial charge in [0, 0.05) is 16.9 Å². The summed E-state index contributed by atoms with van der Waals surface area (Å²) in [4.78, 5) is 12.3. The lowest BCUT2D eigenvalue weighted by atomic mass is 10.1. The first-order chi connectivity index (χ1) is 20.0. The maximum absolute atomic E-state index is 13.1. The van der Waals surface area contributed by atoms with Gasteiger partial charge in [-0.15, -0.1) is 0 Å². The molecule has 4 rings (SSSR count). The molecule has 4 aromatic rings. The van der Waals surface area contributed by atoms with Crippen molar-refractivity contribution in [3.05, 3.63) is 111 Å². The molecule has 0 spiro atoms. The Bertz CT molecular complexity index is 1930. The lowest BCUT2D eigenvalue weighted by Gasteiger charge is -2.14. The van der Waals surface area contributed by atoms with Gasteiger partial charge >= 0.3 is 6.18 Å². The van der Waals surface area contributed by atoms with Crippen molar-refractivity contribution in [2.24, 2.45) is 0 Å². The molecule has 0 heterocycles. The van der Waals surface area contributed by atoms with Crippen LogP contribution in [0.15, 0.2) is 88.7 Å². The van der Waals surface area contributed by atoms with Crippen molar-refractivity contribution in [2.75, 3.05) is 14.8 Å². The number of carbonyl (C=O) groups excluding carboxylic acids is 1. The van der Waals surface area contributed by atoms with E-state index in [9.17, 15) is 34.8 Å². The van der Waals surface area contributed by atoms with Gasteiger partial charge in [-0.2, -0.15) is 13.2 Å². The van der Waals surface area contributed by atoms with Gasteiger partial charge in [0.25, 0.3) is 26.0 Å². The maximum atomic E-state index is 13.1. The number of carbonyl (C=O) groups is 1. The summed E-state index contributed by atoms with van der Waals surface area (Å²) in [6, 6.07) is 16.3. The molecule has 0 saturated carbocycles. The van der Waals surface area contributed by atoms with Gasteiger partial charge in [0.05, 0.1) is 26.2 Å². The SMILES string of the molecule is Cc1ccc(C)c(NS(=O)(=O)c2cc(C(=O)Nc3ccc(S(=O)(=O)Nc4ccc(Cl)c(C(F)(F)F)c4)cc3)ccc2Cl)c1. The highest BCUT2D eigenvalue weighted by atomic mass is 35.5. The van der Waals surface area contributed by atoms with Crippen LogP contribution in [0.5, 0.6) is 0 Å². The molecule has 0 unspecified atom stereocenters. The fourth-order valence-electron chi connectivity index (χ4n) is 3.84. The Balaban J connectivity index is 1.51. The van der Waals surface area contributed by atoms with E-state index in [0.717, 1.165) is 35.9 Å². The van der Waals surface area contributed by atoms with Crippen LogP contribution in [0.3, 0.4) is 0 Å². The second-order valence-electron chi connectivity index (χ2n) is 9.35. The molecule has 4 aromatic carbocycles. The number of amides is 1. The third-order valence-corrected chi connectivity index (χ3v) is 9.64. The number of nitrogens with one attached hydrogen (secondary N) is 3. The topological polar surface area (TPSA) is 121 Å². The smallest absolute Gasteiger partial charge is 0.322 e. The predicted octanol–water partition coefficient (Wildman–Crippen LogP) is 7.48. The van der Waals surface area contributed by atoms with Gasteiger partial charge in [0.2, 0.25) is 0 Å². The van der Waals surface area contributed by atoms with Gasteiger partial charge in [0.15, 0.2) is 0 Å². The molecule has 0 fully saturated rings. The minimum absolute atomic E-state index is 0.0488. The monoisotopic (exact) mass is 671 g/mol. The van der Waals surface area contributed by atoms with Gasteiger partial charge in [-0.1, -0.05) is 35.3 Å². The van der Waals surface area contributed by atoms with Gasteiger partial charge < -0.3 is 5.32 Å². The first kappa shape index (κ1) is 32.1. The Labute approximate surface area is 255 Å². The molecule has 0 radical (unpaired) electrons. The molecule has 8 nitrogen and oxygen atoms in total.